The quantitative estimate of drug-likeness (QED) is 0.203. The number of hydrogen-bond donors (Lipinski definition) is 1. The number of carbonyl (C=O) groups is 2. The van der Waals surface area contributed by atoms with Crippen molar-refractivity contribution in [3.8, 4) is 5.75 Å². The van der Waals surface area contributed by atoms with E-state index in [1.165, 1.54) is 36.3 Å². The topological polar surface area (TPSA) is 110 Å². The summed E-state index contributed by atoms with van der Waals surface area (Å²) in [5.74, 6) is -1.51. The lowest BCUT2D eigenvalue weighted by atomic mass is 9.95. The molecule has 0 radical (unpaired) electrons. The Bertz CT molecular complexity index is 1300. The maximum Gasteiger partial charge on any atom is 0.300 e. The zero-order chi connectivity index (χ0) is 23.7. The molecule has 0 saturated carbocycles. The summed E-state index contributed by atoms with van der Waals surface area (Å²) < 4.78 is 5.31. The van der Waals surface area contributed by atoms with Gasteiger partial charge in [-0.3, -0.25) is 24.6 Å². The number of nitrogens with zero attached hydrogens (tertiary/aromatic N) is 2. The minimum atomic E-state index is -0.919. The lowest BCUT2D eigenvalue weighted by Crippen LogP contribution is -2.29. The highest BCUT2D eigenvalue weighted by Gasteiger charge is 2.47. The van der Waals surface area contributed by atoms with Gasteiger partial charge in [0, 0.05) is 23.4 Å². The third-order valence-electron chi connectivity index (χ3n) is 5.49. The Morgan fingerprint density at radius 3 is 2.36 bits per heavy atom. The monoisotopic (exact) mass is 444 g/mol. The molecule has 1 heterocycles. The molecule has 0 bridgehead atoms. The maximum atomic E-state index is 13.2. The first kappa shape index (κ1) is 21.8. The number of ether oxygens (including phenoxy) is 1. The summed E-state index contributed by atoms with van der Waals surface area (Å²) in [6, 6.07) is 18.3. The number of non-ortho nitro benzene ring substituents is 1. The number of ketones is 1. The number of rotatable bonds is 5. The molecule has 3 aromatic carbocycles. The molecule has 1 aliphatic heterocycles. The van der Waals surface area contributed by atoms with Crippen molar-refractivity contribution in [1.29, 1.82) is 0 Å². The number of aliphatic hydroxyl groups excluding tert-OH is 1. The first-order valence-corrected chi connectivity index (χ1v) is 10.1. The number of anilines is 1. The largest absolute Gasteiger partial charge is 0.507 e. The minimum absolute atomic E-state index is 0.108. The van der Waals surface area contributed by atoms with Gasteiger partial charge >= 0.3 is 0 Å². The molecule has 33 heavy (non-hydrogen) atoms. The van der Waals surface area contributed by atoms with E-state index < -0.39 is 28.4 Å². The van der Waals surface area contributed by atoms with E-state index in [-0.39, 0.29) is 16.8 Å². The van der Waals surface area contributed by atoms with Gasteiger partial charge in [-0.2, -0.15) is 0 Å². The van der Waals surface area contributed by atoms with Crippen LogP contribution in [0.4, 0.5) is 11.4 Å². The zero-order valence-corrected chi connectivity index (χ0v) is 17.9. The highest BCUT2D eigenvalue weighted by molar-refractivity contribution is 6.51. The van der Waals surface area contributed by atoms with Gasteiger partial charge in [-0.05, 0) is 54.4 Å². The number of methoxy groups -OCH3 is 1. The van der Waals surface area contributed by atoms with Crippen LogP contribution in [-0.4, -0.2) is 28.8 Å². The van der Waals surface area contributed by atoms with Gasteiger partial charge in [-0.15, -0.1) is 0 Å². The van der Waals surface area contributed by atoms with Crippen LogP contribution in [-0.2, 0) is 9.59 Å². The Kier molecular flexibility index (Phi) is 5.66. The molecule has 3 aromatic rings. The van der Waals surface area contributed by atoms with Crippen molar-refractivity contribution < 1.29 is 24.4 Å². The van der Waals surface area contributed by atoms with E-state index in [1.807, 2.05) is 13.0 Å². The van der Waals surface area contributed by atoms with Crippen molar-refractivity contribution in [1.82, 2.24) is 0 Å². The Morgan fingerprint density at radius 1 is 1.03 bits per heavy atom. The second kappa shape index (κ2) is 8.58. The number of Topliss-reactive ketones (excluding diaryl/α,β-unsaturated/α-hetero) is 1. The van der Waals surface area contributed by atoms with Gasteiger partial charge in [0.15, 0.2) is 0 Å². The first-order chi connectivity index (χ1) is 15.8. The van der Waals surface area contributed by atoms with Crippen LogP contribution in [0.1, 0.15) is 22.7 Å². The van der Waals surface area contributed by atoms with Crippen LogP contribution in [0.2, 0.25) is 0 Å². The predicted molar refractivity (Wildman–Crippen MR) is 122 cm³/mol. The molecule has 8 heteroatoms. The van der Waals surface area contributed by atoms with Crippen molar-refractivity contribution in [2.45, 2.75) is 13.0 Å². The SMILES string of the molecule is COc1cccc(C2/C(=C(/O)c3ccc([N+](=O)[O-])cc3)C(=O)C(=O)N2c2cccc(C)c2)c1. The highest BCUT2D eigenvalue weighted by Crippen LogP contribution is 2.43. The highest BCUT2D eigenvalue weighted by atomic mass is 16.6. The van der Waals surface area contributed by atoms with E-state index in [9.17, 15) is 24.8 Å². The number of amides is 1. The number of carbonyl (C=O) groups excluding carboxylic acids is 2. The number of aryl methyl sites for hydroxylation is 1. The fourth-order valence-electron chi connectivity index (χ4n) is 3.90. The second-order valence-corrected chi connectivity index (χ2v) is 7.59. The summed E-state index contributed by atoms with van der Waals surface area (Å²) in [5.41, 5.74) is 1.90. The zero-order valence-electron chi connectivity index (χ0n) is 17.9. The molecule has 0 aromatic heterocycles. The van der Waals surface area contributed by atoms with Gasteiger partial charge < -0.3 is 9.84 Å². The summed E-state index contributed by atoms with van der Waals surface area (Å²) >= 11 is 0. The predicted octanol–water partition coefficient (Wildman–Crippen LogP) is 4.54. The summed E-state index contributed by atoms with van der Waals surface area (Å²) in [4.78, 5) is 38.1. The average Bonchev–Trinajstić information content (AvgIpc) is 3.09. The van der Waals surface area contributed by atoms with Crippen LogP contribution in [0.25, 0.3) is 5.76 Å². The van der Waals surface area contributed by atoms with E-state index in [0.717, 1.165) is 5.56 Å². The van der Waals surface area contributed by atoms with Gasteiger partial charge in [0.25, 0.3) is 17.4 Å². The number of nitro benzene ring substituents is 1. The molecular weight excluding hydrogens is 424 g/mol. The second-order valence-electron chi connectivity index (χ2n) is 7.59. The van der Waals surface area contributed by atoms with Gasteiger partial charge in [0.05, 0.1) is 23.6 Å². The van der Waals surface area contributed by atoms with Gasteiger partial charge in [0.1, 0.15) is 11.5 Å². The van der Waals surface area contributed by atoms with Crippen LogP contribution in [0, 0.1) is 17.0 Å². The lowest BCUT2D eigenvalue weighted by molar-refractivity contribution is -0.384. The lowest BCUT2D eigenvalue weighted by Gasteiger charge is -2.26. The molecule has 1 fully saturated rings. The fraction of sp³-hybridized carbons (Fsp3) is 0.120. The van der Waals surface area contributed by atoms with E-state index in [4.69, 9.17) is 4.74 Å². The van der Waals surface area contributed by atoms with E-state index >= 15 is 0 Å². The van der Waals surface area contributed by atoms with E-state index in [1.54, 1.807) is 42.5 Å². The number of benzene rings is 3. The maximum absolute atomic E-state index is 13.2. The van der Waals surface area contributed by atoms with E-state index in [0.29, 0.717) is 17.0 Å². The summed E-state index contributed by atoms with van der Waals surface area (Å²) in [6.45, 7) is 1.87. The third-order valence-corrected chi connectivity index (χ3v) is 5.49. The Morgan fingerprint density at radius 2 is 1.73 bits per heavy atom. The smallest absolute Gasteiger partial charge is 0.300 e. The summed E-state index contributed by atoms with van der Waals surface area (Å²) in [5, 5.41) is 22.1. The van der Waals surface area contributed by atoms with Gasteiger partial charge in [0.2, 0.25) is 0 Å². The molecule has 0 aliphatic carbocycles. The molecule has 166 valence electrons. The normalized spacial score (nSPS) is 17.3. The van der Waals surface area contributed by atoms with E-state index in [2.05, 4.69) is 0 Å². The number of nitro groups is 1. The van der Waals surface area contributed by atoms with Crippen molar-refractivity contribution >= 4 is 28.8 Å². The van der Waals surface area contributed by atoms with Gasteiger partial charge in [-0.1, -0.05) is 24.3 Å². The average molecular weight is 444 g/mol. The molecule has 1 atom stereocenters. The van der Waals surface area contributed by atoms with Crippen LogP contribution < -0.4 is 9.64 Å². The van der Waals surface area contributed by atoms with Crippen molar-refractivity contribution in [3.05, 3.63) is 105 Å². The fourth-order valence-corrected chi connectivity index (χ4v) is 3.90. The molecule has 4 rings (SSSR count). The van der Waals surface area contributed by atoms with Crippen LogP contribution in [0.15, 0.2) is 78.4 Å². The molecular formula is C25H20N2O6. The summed E-state index contributed by atoms with van der Waals surface area (Å²) in [6.07, 6.45) is 0. The van der Waals surface area contributed by atoms with Crippen LogP contribution in [0.3, 0.4) is 0 Å². The number of aliphatic hydroxyl groups is 1. The number of hydrogen-bond acceptors (Lipinski definition) is 6. The van der Waals surface area contributed by atoms with Gasteiger partial charge in [-0.25, -0.2) is 0 Å². The van der Waals surface area contributed by atoms with Crippen molar-refractivity contribution in [2.24, 2.45) is 0 Å². The van der Waals surface area contributed by atoms with Crippen molar-refractivity contribution in [2.75, 3.05) is 12.0 Å². The molecule has 1 unspecified atom stereocenters. The third kappa shape index (κ3) is 3.94. The first-order valence-electron chi connectivity index (χ1n) is 10.1. The molecule has 1 N–H and O–H groups in total. The van der Waals surface area contributed by atoms with Crippen molar-refractivity contribution in [3.63, 3.8) is 0 Å². The Balaban J connectivity index is 1.93. The van der Waals surface area contributed by atoms with Crippen LogP contribution in [0.5, 0.6) is 5.75 Å². The molecule has 1 amide bonds. The Labute approximate surface area is 189 Å². The molecule has 8 nitrogen and oxygen atoms in total. The Hall–Kier alpha value is -4.46. The minimum Gasteiger partial charge on any atom is -0.507 e. The molecule has 0 spiro atoms. The van der Waals surface area contributed by atoms with Crippen LogP contribution >= 0.6 is 0 Å². The molecule has 1 saturated heterocycles. The summed E-state index contributed by atoms with van der Waals surface area (Å²) in [7, 11) is 1.51. The standard InChI is InChI=1S/C25H20N2O6/c1-15-5-3-7-19(13-15)26-22(17-6-4-8-20(14-17)33-2)21(24(29)25(26)30)23(28)16-9-11-18(12-10-16)27(31)32/h3-14,22,28H,1-2H3/b23-21-. The molecule has 1 aliphatic rings.